The van der Waals surface area contributed by atoms with Crippen LogP contribution in [0.1, 0.15) is 19.8 Å². The minimum absolute atomic E-state index is 0.0756. The van der Waals surface area contributed by atoms with Crippen molar-refractivity contribution in [3.63, 3.8) is 0 Å². The molecular weight excluding hydrogens is 245 g/mol. The van der Waals surface area contributed by atoms with Gasteiger partial charge < -0.3 is 5.73 Å². The molecule has 0 saturated heterocycles. The molecule has 0 aliphatic carbocycles. The molecule has 5 nitrogen and oxygen atoms in total. The molecule has 1 aromatic rings. The van der Waals surface area contributed by atoms with Crippen molar-refractivity contribution in [1.29, 1.82) is 0 Å². The minimum Gasteiger partial charge on any atom is -0.327 e. The maximum absolute atomic E-state index is 13.2. The normalized spacial score (nSPS) is 13.6. The number of rotatable bonds is 6. The summed E-state index contributed by atoms with van der Waals surface area (Å²) in [6.07, 6.45) is 2.79. The van der Waals surface area contributed by atoms with Gasteiger partial charge in [0.2, 0.25) is 5.03 Å². The third-order valence-corrected chi connectivity index (χ3v) is 3.53. The molecule has 7 heteroatoms. The molecule has 0 spiro atoms. The number of nitrogens with zero attached hydrogens (tertiary/aromatic N) is 1. The van der Waals surface area contributed by atoms with E-state index in [9.17, 15) is 12.8 Å². The van der Waals surface area contributed by atoms with E-state index in [4.69, 9.17) is 5.73 Å². The van der Waals surface area contributed by atoms with E-state index in [1.54, 1.807) is 0 Å². The molecule has 0 saturated carbocycles. The zero-order chi connectivity index (χ0) is 12.9. The fourth-order valence-corrected chi connectivity index (χ4v) is 2.42. The number of nitrogens with two attached hydrogens (primary N) is 1. The summed E-state index contributed by atoms with van der Waals surface area (Å²) in [5.74, 6) is -0.871. The molecule has 1 unspecified atom stereocenters. The Kier molecular flexibility index (Phi) is 4.98. The molecule has 0 amide bonds. The molecule has 0 radical (unpaired) electrons. The number of hydrogen-bond donors (Lipinski definition) is 2. The van der Waals surface area contributed by atoms with E-state index in [0.29, 0.717) is 6.42 Å². The lowest BCUT2D eigenvalue weighted by molar-refractivity contribution is 0.531. The smallest absolute Gasteiger partial charge is 0.261 e. The van der Waals surface area contributed by atoms with Gasteiger partial charge in [-0.05, 0) is 18.6 Å². The number of hydrogen-bond acceptors (Lipinski definition) is 4. The number of sulfonamides is 1. The van der Waals surface area contributed by atoms with Gasteiger partial charge in [-0.15, -0.1) is 0 Å². The summed E-state index contributed by atoms with van der Waals surface area (Å²) in [5, 5.41) is -0.594. The van der Waals surface area contributed by atoms with Crippen LogP contribution in [0.4, 0.5) is 4.39 Å². The van der Waals surface area contributed by atoms with E-state index in [-0.39, 0.29) is 12.6 Å². The highest BCUT2D eigenvalue weighted by Crippen LogP contribution is 2.09. The van der Waals surface area contributed by atoms with Gasteiger partial charge in [0.1, 0.15) is 0 Å². The summed E-state index contributed by atoms with van der Waals surface area (Å²) in [7, 11) is -3.92. The molecule has 1 heterocycles. The second-order valence-corrected chi connectivity index (χ2v) is 5.37. The summed E-state index contributed by atoms with van der Waals surface area (Å²) in [6, 6.07) is 2.10. The van der Waals surface area contributed by atoms with Crippen molar-refractivity contribution in [2.24, 2.45) is 5.73 Å². The maximum atomic E-state index is 13.2. The average Bonchev–Trinajstić information content (AvgIpc) is 2.27. The Balaban J connectivity index is 2.73. The van der Waals surface area contributed by atoms with Gasteiger partial charge in [0.25, 0.3) is 10.0 Å². The Hall–Kier alpha value is -1.05. The van der Waals surface area contributed by atoms with Gasteiger partial charge in [0.05, 0.1) is 0 Å². The molecule has 1 rings (SSSR count). The molecule has 17 heavy (non-hydrogen) atoms. The lowest BCUT2D eigenvalue weighted by Gasteiger charge is -2.11. The highest BCUT2D eigenvalue weighted by molar-refractivity contribution is 7.89. The van der Waals surface area contributed by atoms with Crippen LogP contribution in [0.25, 0.3) is 0 Å². The summed E-state index contributed by atoms with van der Waals surface area (Å²) in [6.45, 7) is 2.03. The van der Waals surface area contributed by atoms with Crippen molar-refractivity contribution in [1.82, 2.24) is 9.71 Å². The summed E-state index contributed by atoms with van der Waals surface area (Å²) >= 11 is 0. The van der Waals surface area contributed by atoms with Crippen molar-refractivity contribution in [3.05, 3.63) is 24.1 Å². The Labute approximate surface area is 100 Å². The third kappa shape index (κ3) is 4.03. The molecule has 0 aliphatic heterocycles. The van der Waals surface area contributed by atoms with Crippen LogP contribution in [0.3, 0.4) is 0 Å². The SMILES string of the molecule is CCCC(N)CNS(=O)(=O)c1ncccc1F. The molecular formula is C10H16FN3O2S. The Morgan fingerprint density at radius 1 is 1.59 bits per heavy atom. The molecule has 0 fully saturated rings. The average molecular weight is 261 g/mol. The number of halogens is 1. The zero-order valence-corrected chi connectivity index (χ0v) is 10.4. The van der Waals surface area contributed by atoms with Gasteiger partial charge in [-0.25, -0.2) is 22.5 Å². The minimum atomic E-state index is -3.92. The Morgan fingerprint density at radius 3 is 2.88 bits per heavy atom. The second-order valence-electron chi connectivity index (χ2n) is 3.69. The Morgan fingerprint density at radius 2 is 2.29 bits per heavy atom. The number of pyridine rings is 1. The van der Waals surface area contributed by atoms with E-state index < -0.39 is 20.9 Å². The first-order chi connectivity index (χ1) is 7.97. The standard InChI is InChI=1S/C10H16FN3O2S/c1-2-4-8(12)7-14-17(15,16)10-9(11)5-3-6-13-10/h3,5-6,8,14H,2,4,7,12H2,1H3. The molecule has 0 bridgehead atoms. The number of aromatic nitrogens is 1. The van der Waals surface area contributed by atoms with Crippen molar-refractivity contribution < 1.29 is 12.8 Å². The van der Waals surface area contributed by atoms with Crippen LogP contribution in [0.15, 0.2) is 23.4 Å². The van der Waals surface area contributed by atoms with Crippen LogP contribution in [0.2, 0.25) is 0 Å². The van der Waals surface area contributed by atoms with Gasteiger partial charge in [0, 0.05) is 18.8 Å². The van der Waals surface area contributed by atoms with Crippen LogP contribution in [-0.2, 0) is 10.0 Å². The van der Waals surface area contributed by atoms with Gasteiger partial charge in [-0.3, -0.25) is 0 Å². The lowest BCUT2D eigenvalue weighted by Crippen LogP contribution is -2.37. The van der Waals surface area contributed by atoms with Crippen LogP contribution in [-0.4, -0.2) is 26.0 Å². The maximum Gasteiger partial charge on any atom is 0.261 e. The third-order valence-electron chi connectivity index (χ3n) is 2.17. The highest BCUT2D eigenvalue weighted by Gasteiger charge is 2.20. The summed E-state index contributed by atoms with van der Waals surface area (Å²) in [4.78, 5) is 3.51. The van der Waals surface area contributed by atoms with Gasteiger partial charge in [-0.2, -0.15) is 0 Å². The first kappa shape index (κ1) is 14.0. The predicted octanol–water partition coefficient (Wildman–Crippen LogP) is 0.626. The van der Waals surface area contributed by atoms with E-state index in [0.717, 1.165) is 12.5 Å². The fraction of sp³-hybridized carbons (Fsp3) is 0.500. The van der Waals surface area contributed by atoms with Crippen LogP contribution >= 0.6 is 0 Å². The van der Waals surface area contributed by atoms with E-state index in [2.05, 4.69) is 9.71 Å². The molecule has 0 aliphatic rings. The second kappa shape index (κ2) is 6.04. The van der Waals surface area contributed by atoms with Crippen molar-refractivity contribution in [3.8, 4) is 0 Å². The van der Waals surface area contributed by atoms with Gasteiger partial charge in [0.15, 0.2) is 5.82 Å². The first-order valence-corrected chi connectivity index (χ1v) is 6.81. The number of nitrogens with one attached hydrogen (secondary N) is 1. The van der Waals surface area contributed by atoms with Crippen LogP contribution in [0.5, 0.6) is 0 Å². The van der Waals surface area contributed by atoms with Crippen molar-refractivity contribution in [2.45, 2.75) is 30.8 Å². The Bertz CT molecular complexity index is 464. The van der Waals surface area contributed by atoms with Crippen molar-refractivity contribution >= 4 is 10.0 Å². The van der Waals surface area contributed by atoms with Crippen LogP contribution in [0, 0.1) is 5.82 Å². The van der Waals surface area contributed by atoms with E-state index >= 15 is 0 Å². The molecule has 1 atom stereocenters. The molecule has 3 N–H and O–H groups in total. The van der Waals surface area contributed by atoms with Gasteiger partial charge >= 0.3 is 0 Å². The van der Waals surface area contributed by atoms with Crippen molar-refractivity contribution in [2.75, 3.05) is 6.54 Å². The quantitative estimate of drug-likeness (QED) is 0.786. The molecule has 1 aromatic heterocycles. The summed E-state index contributed by atoms with van der Waals surface area (Å²) in [5.41, 5.74) is 5.67. The van der Waals surface area contributed by atoms with E-state index in [1.165, 1.54) is 12.3 Å². The topological polar surface area (TPSA) is 85.1 Å². The molecule has 0 aromatic carbocycles. The molecule has 96 valence electrons. The van der Waals surface area contributed by atoms with Crippen LogP contribution < -0.4 is 10.5 Å². The highest BCUT2D eigenvalue weighted by atomic mass is 32.2. The predicted molar refractivity (Wildman–Crippen MR) is 62.3 cm³/mol. The summed E-state index contributed by atoms with van der Waals surface area (Å²) < 4.78 is 38.9. The first-order valence-electron chi connectivity index (χ1n) is 5.33. The lowest BCUT2D eigenvalue weighted by atomic mass is 10.2. The zero-order valence-electron chi connectivity index (χ0n) is 9.56. The van der Waals surface area contributed by atoms with E-state index in [1.807, 2.05) is 6.92 Å². The van der Waals surface area contributed by atoms with Gasteiger partial charge in [-0.1, -0.05) is 13.3 Å². The fourth-order valence-electron chi connectivity index (χ4n) is 1.33. The largest absolute Gasteiger partial charge is 0.327 e. The monoisotopic (exact) mass is 261 g/mol.